The first-order chi connectivity index (χ1) is 12.4. The molecule has 1 saturated carbocycles. The minimum Gasteiger partial charge on any atom is -0.507 e. The maximum absolute atomic E-state index is 12.6. The van der Waals surface area contributed by atoms with Crippen molar-refractivity contribution in [1.29, 1.82) is 0 Å². The van der Waals surface area contributed by atoms with Gasteiger partial charge in [-0.15, -0.1) is 0 Å². The Kier molecular flexibility index (Phi) is 3.53. The monoisotopic (exact) mass is 357 g/mol. The molecule has 4 atom stereocenters. The number of hydrogen-bond donors (Lipinski definition) is 2. The van der Waals surface area contributed by atoms with E-state index in [1.165, 1.54) is 0 Å². The largest absolute Gasteiger partial charge is 0.507 e. The number of fused-ring (bicyclic) bond motifs is 1. The number of hydrogen-bond acceptors (Lipinski definition) is 7. The zero-order chi connectivity index (χ0) is 18.6. The van der Waals surface area contributed by atoms with Gasteiger partial charge in [0.2, 0.25) is 0 Å². The second-order valence-electron chi connectivity index (χ2n) is 6.73. The van der Waals surface area contributed by atoms with E-state index in [4.69, 9.17) is 0 Å². The molecule has 2 fully saturated rings. The molecular formula is C17H15N3O6. The average Bonchev–Trinajstić information content (AvgIpc) is 2.88. The summed E-state index contributed by atoms with van der Waals surface area (Å²) in [7, 11) is 0. The summed E-state index contributed by atoms with van der Waals surface area (Å²) in [4.78, 5) is 35.3. The molecule has 3 aliphatic carbocycles. The quantitative estimate of drug-likeness (QED) is 0.277. The Morgan fingerprint density at radius 2 is 1.65 bits per heavy atom. The molecule has 9 heteroatoms. The second kappa shape index (κ2) is 5.65. The van der Waals surface area contributed by atoms with Crippen molar-refractivity contribution < 1.29 is 24.7 Å². The van der Waals surface area contributed by atoms with Crippen molar-refractivity contribution in [2.75, 3.05) is 0 Å². The van der Waals surface area contributed by atoms with Crippen LogP contribution in [0.15, 0.2) is 29.4 Å². The molecule has 5 rings (SSSR count). The van der Waals surface area contributed by atoms with Crippen LogP contribution in [0, 0.1) is 33.8 Å². The molecule has 0 radical (unpaired) electrons. The van der Waals surface area contributed by atoms with E-state index in [-0.39, 0.29) is 29.2 Å². The number of carbonyl (C=O) groups is 2. The topological polar surface area (TPSA) is 133 Å². The van der Waals surface area contributed by atoms with Crippen molar-refractivity contribution in [3.8, 4) is 11.5 Å². The highest BCUT2D eigenvalue weighted by molar-refractivity contribution is 6.06. The molecule has 2 N–H and O–H groups in total. The van der Waals surface area contributed by atoms with E-state index in [1.54, 1.807) is 0 Å². The van der Waals surface area contributed by atoms with Crippen molar-refractivity contribution >= 4 is 23.7 Å². The molecule has 0 unspecified atom stereocenters. The number of imide groups is 1. The highest BCUT2D eigenvalue weighted by Crippen LogP contribution is 2.49. The van der Waals surface area contributed by atoms with Gasteiger partial charge in [0, 0.05) is 17.7 Å². The summed E-state index contributed by atoms with van der Waals surface area (Å²) >= 11 is 0. The molecule has 2 bridgehead atoms. The third-order valence-corrected chi connectivity index (χ3v) is 5.37. The van der Waals surface area contributed by atoms with Crippen LogP contribution in [0.1, 0.15) is 18.4 Å². The third kappa shape index (κ3) is 2.27. The summed E-state index contributed by atoms with van der Waals surface area (Å²) in [5.74, 6) is -2.67. The van der Waals surface area contributed by atoms with Crippen molar-refractivity contribution in [2.24, 2.45) is 28.8 Å². The SMILES string of the molecule is O=C1[C@@H]2[C@H](C(=O)N1/N=C\c1cc([N+](=O)[O-])c(O)cc1O)[C@@H]1C=C[C@H]2CC1. The number of allylic oxidation sites excluding steroid dienone is 2. The number of phenols is 2. The maximum Gasteiger partial charge on any atom is 0.311 e. The summed E-state index contributed by atoms with van der Waals surface area (Å²) in [6.45, 7) is 0. The van der Waals surface area contributed by atoms with Crippen LogP contribution < -0.4 is 0 Å². The molecule has 26 heavy (non-hydrogen) atoms. The summed E-state index contributed by atoms with van der Waals surface area (Å²) in [6, 6.07) is 1.74. The number of amides is 2. The second-order valence-corrected chi connectivity index (χ2v) is 6.73. The van der Waals surface area contributed by atoms with E-state index in [1.807, 2.05) is 12.2 Å². The van der Waals surface area contributed by atoms with Crippen molar-refractivity contribution in [1.82, 2.24) is 5.01 Å². The van der Waals surface area contributed by atoms with E-state index in [9.17, 15) is 29.9 Å². The molecule has 1 aliphatic heterocycles. The lowest BCUT2D eigenvalue weighted by molar-refractivity contribution is -0.385. The third-order valence-electron chi connectivity index (χ3n) is 5.37. The van der Waals surface area contributed by atoms with E-state index in [0.717, 1.165) is 36.2 Å². The maximum atomic E-state index is 12.6. The number of nitro benzene ring substituents is 1. The van der Waals surface area contributed by atoms with Crippen LogP contribution in [0.5, 0.6) is 11.5 Å². The normalized spacial score (nSPS) is 29.6. The lowest BCUT2D eigenvalue weighted by atomic mass is 9.63. The fraction of sp³-hybridized carbons (Fsp3) is 0.353. The molecule has 134 valence electrons. The van der Waals surface area contributed by atoms with Gasteiger partial charge in [0.25, 0.3) is 11.8 Å². The molecule has 1 aromatic rings. The fourth-order valence-electron chi connectivity index (χ4n) is 4.12. The lowest BCUT2D eigenvalue weighted by Crippen LogP contribution is -2.38. The molecule has 4 aliphatic rings. The van der Waals surface area contributed by atoms with Crippen molar-refractivity contribution in [2.45, 2.75) is 12.8 Å². The van der Waals surface area contributed by atoms with Crippen LogP contribution in [0.3, 0.4) is 0 Å². The first-order valence-corrected chi connectivity index (χ1v) is 8.19. The zero-order valence-electron chi connectivity index (χ0n) is 13.5. The van der Waals surface area contributed by atoms with Gasteiger partial charge in [0.05, 0.1) is 23.0 Å². The van der Waals surface area contributed by atoms with E-state index >= 15 is 0 Å². The lowest BCUT2D eigenvalue weighted by Gasteiger charge is -2.37. The van der Waals surface area contributed by atoms with Gasteiger partial charge >= 0.3 is 5.69 Å². The van der Waals surface area contributed by atoms with Gasteiger partial charge in [-0.05, 0) is 24.7 Å². The van der Waals surface area contributed by atoms with Gasteiger partial charge in [-0.2, -0.15) is 10.1 Å². The van der Waals surface area contributed by atoms with Gasteiger partial charge in [-0.3, -0.25) is 19.7 Å². The molecular weight excluding hydrogens is 342 g/mol. The predicted molar refractivity (Wildman–Crippen MR) is 88.2 cm³/mol. The van der Waals surface area contributed by atoms with Gasteiger partial charge in [0.15, 0.2) is 5.75 Å². The van der Waals surface area contributed by atoms with Crippen LogP contribution in [0.4, 0.5) is 5.69 Å². The molecule has 0 aromatic heterocycles. The summed E-state index contributed by atoms with van der Waals surface area (Å²) < 4.78 is 0. The van der Waals surface area contributed by atoms with Crippen molar-refractivity contribution in [3.63, 3.8) is 0 Å². The first-order valence-electron chi connectivity index (χ1n) is 8.19. The summed E-state index contributed by atoms with van der Waals surface area (Å²) in [6.07, 6.45) is 6.73. The zero-order valence-corrected chi connectivity index (χ0v) is 13.5. The Bertz CT molecular complexity index is 861. The van der Waals surface area contributed by atoms with Gasteiger partial charge in [-0.25, -0.2) is 0 Å². The Labute approximate surface area is 147 Å². The standard InChI is InChI=1S/C17H15N3O6/c21-12-6-13(22)11(20(25)26)5-10(12)7-18-19-16(23)14-8-1-2-9(4-3-8)15(14)17(19)24/h1-2,5-9,14-15,21-22H,3-4H2/b18-7-/t8-,9+,14-,15+. The van der Waals surface area contributed by atoms with Crippen LogP contribution in [-0.2, 0) is 9.59 Å². The number of carbonyl (C=O) groups excluding carboxylic acids is 2. The molecule has 9 nitrogen and oxygen atoms in total. The van der Waals surface area contributed by atoms with Crippen LogP contribution in [0.2, 0.25) is 0 Å². The fourth-order valence-corrected chi connectivity index (χ4v) is 4.12. The Morgan fingerprint density at radius 3 is 2.15 bits per heavy atom. The minimum absolute atomic E-state index is 0.0322. The molecule has 1 aromatic carbocycles. The van der Waals surface area contributed by atoms with Crippen LogP contribution in [0.25, 0.3) is 0 Å². The van der Waals surface area contributed by atoms with E-state index in [0.29, 0.717) is 0 Å². The van der Waals surface area contributed by atoms with E-state index < -0.39 is 33.9 Å². The number of hydrazone groups is 1. The van der Waals surface area contributed by atoms with Gasteiger partial charge < -0.3 is 10.2 Å². The average molecular weight is 357 g/mol. The summed E-state index contributed by atoms with van der Waals surface area (Å²) in [5.41, 5.74) is -0.690. The Balaban J connectivity index is 1.64. The highest BCUT2D eigenvalue weighted by Gasteiger charge is 2.56. The molecule has 2 amide bonds. The number of nitro groups is 1. The van der Waals surface area contributed by atoms with Gasteiger partial charge in [0.1, 0.15) is 5.75 Å². The molecule has 0 spiro atoms. The van der Waals surface area contributed by atoms with Crippen molar-refractivity contribution in [3.05, 3.63) is 40.0 Å². The number of aromatic hydroxyl groups is 2. The molecule has 1 heterocycles. The minimum atomic E-state index is -0.809. The Morgan fingerprint density at radius 1 is 1.08 bits per heavy atom. The highest BCUT2D eigenvalue weighted by atomic mass is 16.6. The number of nitrogens with zero attached hydrogens (tertiary/aromatic N) is 3. The predicted octanol–water partition coefficient (Wildman–Crippen LogP) is 1.54. The summed E-state index contributed by atoms with van der Waals surface area (Å²) in [5, 5.41) is 34.9. The first kappa shape index (κ1) is 16.2. The number of rotatable bonds is 3. The van der Waals surface area contributed by atoms with Gasteiger partial charge in [-0.1, -0.05) is 12.2 Å². The smallest absolute Gasteiger partial charge is 0.311 e. The number of benzene rings is 1. The van der Waals surface area contributed by atoms with Crippen LogP contribution in [-0.4, -0.2) is 38.2 Å². The van der Waals surface area contributed by atoms with E-state index in [2.05, 4.69) is 5.10 Å². The molecule has 1 saturated heterocycles. The number of phenolic OH excluding ortho intramolecular Hbond substituents is 2. The van der Waals surface area contributed by atoms with Crippen LogP contribution >= 0.6 is 0 Å². The Hall–Kier alpha value is -3.23.